The number of phenolic OH excluding ortho intramolecular Hbond substituents is 1. The van der Waals surface area contributed by atoms with Gasteiger partial charge in [0.1, 0.15) is 0 Å². The molecule has 2 aromatic carbocycles. The maximum absolute atomic E-state index is 13.2. The summed E-state index contributed by atoms with van der Waals surface area (Å²) in [7, 11) is 1.48. The number of benzene rings is 2. The number of ether oxygens (including phenoxy) is 1. The van der Waals surface area contributed by atoms with Gasteiger partial charge < -0.3 is 19.7 Å². The van der Waals surface area contributed by atoms with E-state index in [-0.39, 0.29) is 11.8 Å². The third kappa shape index (κ3) is 4.01. The van der Waals surface area contributed by atoms with E-state index in [9.17, 15) is 9.90 Å². The lowest BCUT2D eigenvalue weighted by Crippen LogP contribution is -2.45. The van der Waals surface area contributed by atoms with Crippen molar-refractivity contribution in [3.8, 4) is 22.9 Å². The summed E-state index contributed by atoms with van der Waals surface area (Å²) in [6.07, 6.45) is 0. The molecule has 0 bridgehead atoms. The van der Waals surface area contributed by atoms with Crippen LogP contribution in [0.4, 0.5) is 4.79 Å². The second-order valence-electron chi connectivity index (χ2n) is 7.77. The highest BCUT2D eigenvalue weighted by Gasteiger charge is 2.36. The molecular weight excluding hydrogens is 452 g/mol. The predicted molar refractivity (Wildman–Crippen MR) is 128 cm³/mol. The summed E-state index contributed by atoms with van der Waals surface area (Å²) in [5.41, 5.74) is 2.84. The fourth-order valence-electron chi connectivity index (χ4n) is 3.98. The maximum Gasteiger partial charge on any atom is 0.322 e. The number of nitrogens with one attached hydrogen (secondary N) is 1. The van der Waals surface area contributed by atoms with Gasteiger partial charge in [-0.15, -0.1) is 11.3 Å². The monoisotopic (exact) mass is 474 g/mol. The number of urea groups is 1. The van der Waals surface area contributed by atoms with E-state index >= 15 is 0 Å². The number of carbonyl (C=O) groups is 1. The van der Waals surface area contributed by atoms with E-state index in [1.54, 1.807) is 34.4 Å². The summed E-state index contributed by atoms with van der Waals surface area (Å²) in [6, 6.07) is 17.6. The van der Waals surface area contributed by atoms with Crippen LogP contribution in [0.15, 0.2) is 76.3 Å². The third-order valence-corrected chi connectivity index (χ3v) is 6.58. The van der Waals surface area contributed by atoms with Gasteiger partial charge in [-0.1, -0.05) is 47.6 Å². The molecule has 0 saturated heterocycles. The van der Waals surface area contributed by atoms with Gasteiger partial charge in [0, 0.05) is 16.1 Å². The van der Waals surface area contributed by atoms with Crippen LogP contribution < -0.4 is 10.1 Å². The smallest absolute Gasteiger partial charge is 0.322 e. The molecule has 3 heterocycles. The van der Waals surface area contributed by atoms with Gasteiger partial charge in [-0.3, -0.25) is 4.90 Å². The summed E-state index contributed by atoms with van der Waals surface area (Å²) in [5, 5.41) is 19.6. The van der Waals surface area contributed by atoms with Crippen LogP contribution in [0.1, 0.15) is 29.3 Å². The molecule has 2 N–H and O–H groups in total. The zero-order valence-electron chi connectivity index (χ0n) is 18.6. The van der Waals surface area contributed by atoms with Gasteiger partial charge in [-0.25, -0.2) is 4.79 Å². The van der Waals surface area contributed by atoms with Crippen LogP contribution in [0.2, 0.25) is 0 Å². The average molecular weight is 475 g/mol. The van der Waals surface area contributed by atoms with Crippen molar-refractivity contribution in [2.75, 3.05) is 7.11 Å². The van der Waals surface area contributed by atoms with Gasteiger partial charge in [0.05, 0.1) is 25.3 Å². The highest BCUT2D eigenvalue weighted by Crippen LogP contribution is 2.40. The van der Waals surface area contributed by atoms with Crippen molar-refractivity contribution in [2.45, 2.75) is 19.5 Å². The van der Waals surface area contributed by atoms with Crippen molar-refractivity contribution in [1.82, 2.24) is 20.4 Å². The van der Waals surface area contributed by atoms with Crippen LogP contribution in [0.3, 0.4) is 0 Å². The molecule has 0 saturated carbocycles. The number of hydrogen-bond acceptors (Lipinski definition) is 7. The molecule has 0 fully saturated rings. The number of nitrogens with zero attached hydrogens (tertiary/aromatic N) is 3. The van der Waals surface area contributed by atoms with Crippen molar-refractivity contribution < 1.29 is 19.2 Å². The first-order valence-electron chi connectivity index (χ1n) is 10.6. The van der Waals surface area contributed by atoms with Crippen LogP contribution in [-0.2, 0) is 6.54 Å². The summed E-state index contributed by atoms with van der Waals surface area (Å²) < 4.78 is 10.9. The molecular formula is C25H22N4O4S. The Morgan fingerprint density at radius 2 is 2.00 bits per heavy atom. The Morgan fingerprint density at radius 3 is 2.71 bits per heavy atom. The lowest BCUT2D eigenvalue weighted by atomic mass is 9.94. The second kappa shape index (κ2) is 9.03. The van der Waals surface area contributed by atoms with Crippen LogP contribution in [0.25, 0.3) is 17.0 Å². The van der Waals surface area contributed by atoms with E-state index in [1.165, 1.54) is 7.11 Å². The lowest BCUT2D eigenvalue weighted by molar-refractivity contribution is 0.203. The minimum Gasteiger partial charge on any atom is -0.504 e. The average Bonchev–Trinajstić information content (AvgIpc) is 3.54. The molecule has 1 aliphatic rings. The molecule has 8 nitrogen and oxygen atoms in total. The first-order chi connectivity index (χ1) is 16.5. The van der Waals surface area contributed by atoms with Gasteiger partial charge in [0.15, 0.2) is 11.5 Å². The molecule has 0 aliphatic carbocycles. The second-order valence-corrected chi connectivity index (χ2v) is 8.80. The summed E-state index contributed by atoms with van der Waals surface area (Å²) >= 11 is 1.58. The van der Waals surface area contributed by atoms with E-state index in [1.807, 2.05) is 54.8 Å². The van der Waals surface area contributed by atoms with Crippen LogP contribution in [0, 0.1) is 0 Å². The molecule has 2 aromatic heterocycles. The fraction of sp³-hybridized carbons (Fsp3) is 0.160. The van der Waals surface area contributed by atoms with Crippen LogP contribution in [0.5, 0.6) is 11.5 Å². The summed E-state index contributed by atoms with van der Waals surface area (Å²) in [6.45, 7) is 2.28. The zero-order chi connectivity index (χ0) is 23.7. The number of methoxy groups -OCH3 is 1. The van der Waals surface area contributed by atoms with Gasteiger partial charge in [-0.05, 0) is 36.1 Å². The highest BCUT2D eigenvalue weighted by atomic mass is 32.1. The Kier molecular flexibility index (Phi) is 5.77. The van der Waals surface area contributed by atoms with E-state index in [4.69, 9.17) is 9.26 Å². The number of hydrogen-bond donors (Lipinski definition) is 2. The molecule has 1 unspecified atom stereocenters. The number of phenols is 1. The largest absolute Gasteiger partial charge is 0.504 e. The summed E-state index contributed by atoms with van der Waals surface area (Å²) in [5.74, 6) is 1.07. The first kappa shape index (κ1) is 21.7. The molecule has 5 rings (SSSR count). The van der Waals surface area contributed by atoms with Crippen molar-refractivity contribution in [1.29, 1.82) is 0 Å². The summed E-state index contributed by atoms with van der Waals surface area (Å²) in [4.78, 5) is 20.5. The minimum absolute atomic E-state index is 0.0252. The van der Waals surface area contributed by atoms with Crippen molar-refractivity contribution >= 4 is 22.9 Å². The first-order valence-corrected chi connectivity index (χ1v) is 11.5. The molecule has 172 valence electrons. The Morgan fingerprint density at radius 1 is 1.18 bits per heavy atom. The van der Waals surface area contributed by atoms with Gasteiger partial charge in [0.2, 0.25) is 5.82 Å². The quantitative estimate of drug-likeness (QED) is 0.398. The van der Waals surface area contributed by atoms with Crippen molar-refractivity contribution in [3.05, 3.63) is 88.1 Å². The number of thiophene rings is 1. The topological polar surface area (TPSA) is 101 Å². The van der Waals surface area contributed by atoms with E-state index in [0.717, 1.165) is 10.4 Å². The fourth-order valence-corrected chi connectivity index (χ4v) is 4.67. The standard InChI is InChI=1S/C25H22N4O4S/c1-15-21(24-27-23(28-33-24)16-7-4-3-5-8-16)22(17-10-11-20(32-2)19(30)13-17)26-25(31)29(15)14-18-9-6-12-34-18/h3-13,22,30H,14H2,1-2H3,(H,26,31). The number of amides is 2. The Labute approximate surface area is 200 Å². The molecule has 9 heteroatoms. The highest BCUT2D eigenvalue weighted by molar-refractivity contribution is 7.09. The molecule has 1 aliphatic heterocycles. The van der Waals surface area contributed by atoms with Gasteiger partial charge in [-0.2, -0.15) is 4.98 Å². The SMILES string of the molecule is COc1ccc(C2NC(=O)N(Cc3cccs3)C(C)=C2c2nc(-c3ccccc3)no2)cc1O. The molecule has 34 heavy (non-hydrogen) atoms. The van der Waals surface area contributed by atoms with E-state index in [2.05, 4.69) is 15.5 Å². The Hall–Kier alpha value is -4.11. The minimum atomic E-state index is -0.604. The lowest BCUT2D eigenvalue weighted by Gasteiger charge is -2.35. The van der Waals surface area contributed by atoms with Gasteiger partial charge >= 0.3 is 6.03 Å². The van der Waals surface area contributed by atoms with Crippen LogP contribution >= 0.6 is 11.3 Å². The Balaban J connectivity index is 1.61. The zero-order valence-corrected chi connectivity index (χ0v) is 19.4. The van der Waals surface area contributed by atoms with Crippen molar-refractivity contribution in [2.24, 2.45) is 0 Å². The van der Waals surface area contributed by atoms with E-state index in [0.29, 0.717) is 40.8 Å². The van der Waals surface area contributed by atoms with E-state index < -0.39 is 6.04 Å². The molecule has 0 spiro atoms. The number of aromatic nitrogens is 2. The Bertz CT molecular complexity index is 1350. The number of allylic oxidation sites excluding steroid dienone is 1. The van der Waals surface area contributed by atoms with Crippen molar-refractivity contribution in [3.63, 3.8) is 0 Å². The number of carbonyl (C=O) groups excluding carboxylic acids is 1. The number of aromatic hydroxyl groups is 1. The maximum atomic E-state index is 13.2. The van der Waals surface area contributed by atoms with Crippen LogP contribution in [-0.4, -0.2) is 33.3 Å². The third-order valence-electron chi connectivity index (χ3n) is 5.72. The molecule has 1 atom stereocenters. The van der Waals surface area contributed by atoms with Gasteiger partial charge in [0.25, 0.3) is 5.89 Å². The molecule has 2 amide bonds. The molecule has 0 radical (unpaired) electrons. The normalized spacial score (nSPS) is 16.0. The molecule has 4 aromatic rings. The number of rotatable bonds is 6. The predicted octanol–water partition coefficient (Wildman–Crippen LogP) is 5.21.